The van der Waals surface area contributed by atoms with Crippen LogP contribution in [0, 0.1) is 0 Å². The number of piperidine rings is 1. The van der Waals surface area contributed by atoms with E-state index >= 15 is 0 Å². The summed E-state index contributed by atoms with van der Waals surface area (Å²) < 4.78 is 6.08. The van der Waals surface area contributed by atoms with Gasteiger partial charge in [0.2, 0.25) is 11.8 Å². The van der Waals surface area contributed by atoms with Gasteiger partial charge in [-0.15, -0.1) is 0 Å². The number of benzene rings is 1. The molecule has 1 fully saturated rings. The zero-order valence-electron chi connectivity index (χ0n) is 17.7. The molecule has 7 heteroatoms. The van der Waals surface area contributed by atoms with Crippen LogP contribution in [0.15, 0.2) is 59.3 Å². The molecule has 31 heavy (non-hydrogen) atoms. The van der Waals surface area contributed by atoms with Crippen molar-refractivity contribution in [2.24, 2.45) is 0 Å². The van der Waals surface area contributed by atoms with E-state index in [2.05, 4.69) is 9.97 Å². The highest BCUT2D eigenvalue weighted by atomic mass is 35.5. The Labute approximate surface area is 187 Å². The summed E-state index contributed by atoms with van der Waals surface area (Å²) in [5, 5.41) is 0.705. The smallest absolute Gasteiger partial charge is 0.237 e. The number of hydrogen-bond donors (Lipinski definition) is 0. The standard InChI is InChI=1S/C24H27ClN4O2/c1-28(16-20-9-2-4-11-26-20)17-23(30)29-12-5-3-10-22(29)24-27-15-21(31-24)14-18-7-6-8-19(25)13-18/h2,4,6-9,11,13,15,22H,3,5,10,12,14,16-17H2,1H3/t22-/m1/s1. The van der Waals surface area contributed by atoms with Crippen molar-refractivity contribution in [3.05, 3.63) is 82.8 Å². The molecule has 3 heterocycles. The molecule has 1 atom stereocenters. The van der Waals surface area contributed by atoms with Gasteiger partial charge in [-0.05, 0) is 56.1 Å². The van der Waals surface area contributed by atoms with Gasteiger partial charge in [0, 0.05) is 30.7 Å². The molecule has 3 aromatic rings. The van der Waals surface area contributed by atoms with Gasteiger partial charge < -0.3 is 9.32 Å². The maximum atomic E-state index is 13.1. The minimum absolute atomic E-state index is 0.0951. The zero-order valence-corrected chi connectivity index (χ0v) is 18.5. The van der Waals surface area contributed by atoms with E-state index in [0.717, 1.165) is 42.8 Å². The number of nitrogens with zero attached hydrogens (tertiary/aromatic N) is 4. The molecule has 0 aliphatic carbocycles. The Morgan fingerprint density at radius 1 is 1.23 bits per heavy atom. The molecule has 1 amide bonds. The molecule has 1 aliphatic rings. The largest absolute Gasteiger partial charge is 0.443 e. The lowest BCUT2D eigenvalue weighted by Gasteiger charge is -2.34. The molecule has 1 aromatic carbocycles. The Morgan fingerprint density at radius 3 is 2.94 bits per heavy atom. The fourth-order valence-corrected chi connectivity index (χ4v) is 4.25. The minimum Gasteiger partial charge on any atom is -0.443 e. The third kappa shape index (κ3) is 5.71. The maximum absolute atomic E-state index is 13.1. The lowest BCUT2D eigenvalue weighted by atomic mass is 10.0. The monoisotopic (exact) mass is 438 g/mol. The van der Waals surface area contributed by atoms with Crippen LogP contribution in [0.1, 0.15) is 48.2 Å². The molecule has 0 spiro atoms. The first-order chi connectivity index (χ1) is 15.1. The maximum Gasteiger partial charge on any atom is 0.237 e. The Bertz CT molecular complexity index is 1010. The van der Waals surface area contributed by atoms with Gasteiger partial charge in [-0.25, -0.2) is 4.98 Å². The summed E-state index contributed by atoms with van der Waals surface area (Å²) in [5.41, 5.74) is 2.02. The van der Waals surface area contributed by atoms with Gasteiger partial charge in [0.05, 0.1) is 18.4 Å². The molecule has 0 N–H and O–H groups in total. The fourth-order valence-electron chi connectivity index (χ4n) is 4.04. The number of aromatic nitrogens is 2. The number of rotatable bonds is 7. The van der Waals surface area contributed by atoms with Crippen molar-refractivity contribution in [3.63, 3.8) is 0 Å². The number of hydrogen-bond acceptors (Lipinski definition) is 5. The highest BCUT2D eigenvalue weighted by Gasteiger charge is 2.31. The average molecular weight is 439 g/mol. The van der Waals surface area contributed by atoms with Crippen molar-refractivity contribution < 1.29 is 9.21 Å². The van der Waals surface area contributed by atoms with E-state index in [1.165, 1.54) is 0 Å². The number of oxazole rings is 1. The third-order valence-electron chi connectivity index (χ3n) is 5.51. The summed E-state index contributed by atoms with van der Waals surface area (Å²) in [6.07, 6.45) is 7.09. The second-order valence-corrected chi connectivity index (χ2v) is 8.50. The SMILES string of the molecule is CN(CC(=O)N1CCCC[C@@H]1c1ncc(Cc2cccc(Cl)c2)o1)Cc1ccccn1. The predicted molar refractivity (Wildman–Crippen MR) is 120 cm³/mol. The minimum atomic E-state index is -0.113. The van der Waals surface area contributed by atoms with E-state index < -0.39 is 0 Å². The summed E-state index contributed by atoms with van der Waals surface area (Å²) >= 11 is 6.09. The van der Waals surface area contributed by atoms with Crippen LogP contribution in [-0.4, -0.2) is 45.8 Å². The number of likely N-dealkylation sites (N-methyl/N-ethyl adjacent to an activating group) is 1. The number of halogens is 1. The van der Waals surface area contributed by atoms with Crippen LogP contribution < -0.4 is 0 Å². The Hall–Kier alpha value is -2.70. The number of amides is 1. The highest BCUT2D eigenvalue weighted by Crippen LogP contribution is 2.31. The lowest BCUT2D eigenvalue weighted by Crippen LogP contribution is -2.43. The molecule has 0 radical (unpaired) electrons. The van der Waals surface area contributed by atoms with Crippen LogP contribution in [-0.2, 0) is 17.8 Å². The molecule has 0 bridgehead atoms. The molecule has 1 aliphatic heterocycles. The first kappa shape index (κ1) is 21.5. The zero-order chi connectivity index (χ0) is 21.6. The van der Waals surface area contributed by atoms with Crippen LogP contribution in [0.2, 0.25) is 5.02 Å². The van der Waals surface area contributed by atoms with Crippen molar-refractivity contribution in [1.82, 2.24) is 19.8 Å². The molecule has 162 valence electrons. The quantitative estimate of drug-likeness (QED) is 0.543. The van der Waals surface area contributed by atoms with Crippen molar-refractivity contribution >= 4 is 17.5 Å². The summed E-state index contributed by atoms with van der Waals surface area (Å²) in [5.74, 6) is 1.50. The Kier molecular flexibility index (Phi) is 6.99. The van der Waals surface area contributed by atoms with Crippen LogP contribution in [0.3, 0.4) is 0 Å². The van der Waals surface area contributed by atoms with Crippen molar-refractivity contribution in [3.8, 4) is 0 Å². The van der Waals surface area contributed by atoms with E-state index in [9.17, 15) is 4.79 Å². The van der Waals surface area contributed by atoms with Gasteiger partial charge in [0.25, 0.3) is 0 Å². The molecular weight excluding hydrogens is 412 g/mol. The van der Waals surface area contributed by atoms with E-state index in [1.54, 1.807) is 12.4 Å². The van der Waals surface area contributed by atoms with E-state index in [1.807, 2.05) is 59.3 Å². The van der Waals surface area contributed by atoms with Gasteiger partial charge in [0.15, 0.2) is 0 Å². The van der Waals surface area contributed by atoms with Gasteiger partial charge >= 0.3 is 0 Å². The molecule has 1 saturated heterocycles. The van der Waals surface area contributed by atoms with Crippen LogP contribution in [0.4, 0.5) is 0 Å². The Morgan fingerprint density at radius 2 is 2.13 bits per heavy atom. The lowest BCUT2D eigenvalue weighted by molar-refractivity contribution is -0.136. The van der Waals surface area contributed by atoms with Gasteiger partial charge in [-0.3, -0.25) is 14.7 Å². The molecule has 0 unspecified atom stereocenters. The van der Waals surface area contributed by atoms with Gasteiger partial charge in [-0.2, -0.15) is 0 Å². The second-order valence-electron chi connectivity index (χ2n) is 8.06. The van der Waals surface area contributed by atoms with E-state index in [4.69, 9.17) is 16.0 Å². The van der Waals surface area contributed by atoms with Gasteiger partial charge in [0.1, 0.15) is 11.8 Å². The highest BCUT2D eigenvalue weighted by molar-refractivity contribution is 6.30. The van der Waals surface area contributed by atoms with Gasteiger partial charge in [-0.1, -0.05) is 29.8 Å². The summed E-state index contributed by atoms with van der Waals surface area (Å²) in [7, 11) is 1.94. The van der Waals surface area contributed by atoms with Crippen molar-refractivity contribution in [1.29, 1.82) is 0 Å². The van der Waals surface area contributed by atoms with Crippen LogP contribution >= 0.6 is 11.6 Å². The molecule has 2 aromatic heterocycles. The molecule has 4 rings (SSSR count). The van der Waals surface area contributed by atoms with Crippen LogP contribution in [0.25, 0.3) is 0 Å². The first-order valence-electron chi connectivity index (χ1n) is 10.7. The molecular formula is C24H27ClN4O2. The number of pyridine rings is 1. The summed E-state index contributed by atoms with van der Waals surface area (Å²) in [4.78, 5) is 25.9. The van der Waals surface area contributed by atoms with Crippen LogP contribution in [0.5, 0.6) is 0 Å². The summed E-state index contributed by atoms with van der Waals surface area (Å²) in [6.45, 7) is 1.70. The number of carbonyl (C=O) groups is 1. The van der Waals surface area contributed by atoms with E-state index in [-0.39, 0.29) is 11.9 Å². The molecule has 6 nitrogen and oxygen atoms in total. The third-order valence-corrected chi connectivity index (χ3v) is 5.75. The topological polar surface area (TPSA) is 62.5 Å². The normalized spacial score (nSPS) is 16.6. The average Bonchev–Trinajstić information content (AvgIpc) is 3.22. The Balaban J connectivity index is 1.41. The fraction of sp³-hybridized carbons (Fsp3) is 0.375. The van der Waals surface area contributed by atoms with Crippen molar-refractivity contribution in [2.75, 3.05) is 20.1 Å². The van der Waals surface area contributed by atoms with E-state index in [0.29, 0.717) is 30.4 Å². The second kappa shape index (κ2) is 10.1. The number of carbonyl (C=O) groups excluding carboxylic acids is 1. The first-order valence-corrected chi connectivity index (χ1v) is 11.0. The molecule has 0 saturated carbocycles. The van der Waals surface area contributed by atoms with Crippen molar-refractivity contribution in [2.45, 2.75) is 38.3 Å². The summed E-state index contributed by atoms with van der Waals surface area (Å²) in [6, 6.07) is 13.4. The predicted octanol–water partition coefficient (Wildman–Crippen LogP) is 4.50. The number of likely N-dealkylation sites (tertiary alicyclic amines) is 1.